The predicted octanol–water partition coefficient (Wildman–Crippen LogP) is 4.45. The summed E-state index contributed by atoms with van der Waals surface area (Å²) in [4.78, 5) is 0. The van der Waals surface area contributed by atoms with Gasteiger partial charge in [0.25, 0.3) is 0 Å². The van der Waals surface area contributed by atoms with Gasteiger partial charge in [-0.25, -0.2) is 4.39 Å². The van der Waals surface area contributed by atoms with Crippen LogP contribution in [0.15, 0.2) is 36.4 Å². The Morgan fingerprint density at radius 1 is 1.22 bits per heavy atom. The second-order valence-corrected chi connectivity index (χ2v) is 4.23. The molecule has 4 heteroatoms. The monoisotopic (exact) mass is 261 g/mol. The highest BCUT2D eigenvalue weighted by Gasteiger charge is 2.06. The number of nitrogens with zero attached hydrogens (tertiary/aromatic N) is 1. The normalized spacial score (nSPS) is 9.89. The predicted molar refractivity (Wildman–Crippen MR) is 67.4 cm³/mol. The van der Waals surface area contributed by atoms with E-state index in [-0.39, 0.29) is 11.3 Å². The summed E-state index contributed by atoms with van der Waals surface area (Å²) in [6.45, 7) is 1.90. The lowest BCUT2D eigenvalue weighted by Gasteiger charge is -2.08. The standard InChI is InChI=1S/C14H9ClFNO/c1-9-2-3-13(15)14(4-9)18-12-6-10(8-17)5-11(16)7-12/h2-7H,1H3. The van der Waals surface area contributed by atoms with Gasteiger partial charge in [-0.1, -0.05) is 17.7 Å². The number of ether oxygens (including phenoxy) is 1. The van der Waals surface area contributed by atoms with Gasteiger partial charge in [0.05, 0.1) is 16.7 Å². The van der Waals surface area contributed by atoms with Crippen LogP contribution in [-0.4, -0.2) is 0 Å². The van der Waals surface area contributed by atoms with Crippen molar-refractivity contribution in [3.8, 4) is 17.6 Å². The number of rotatable bonds is 2. The minimum absolute atomic E-state index is 0.203. The Bertz CT molecular complexity index is 634. The van der Waals surface area contributed by atoms with Crippen LogP contribution in [0.25, 0.3) is 0 Å². The summed E-state index contributed by atoms with van der Waals surface area (Å²) in [5, 5.41) is 9.19. The first-order chi connectivity index (χ1) is 8.58. The molecule has 18 heavy (non-hydrogen) atoms. The maximum absolute atomic E-state index is 13.2. The lowest BCUT2D eigenvalue weighted by atomic mass is 10.2. The first kappa shape index (κ1) is 12.4. The molecule has 0 aliphatic carbocycles. The fourth-order valence-corrected chi connectivity index (χ4v) is 1.66. The number of benzene rings is 2. The molecule has 0 aliphatic rings. The van der Waals surface area contributed by atoms with Crippen LogP contribution in [0.3, 0.4) is 0 Å². The van der Waals surface area contributed by atoms with Gasteiger partial charge in [0.15, 0.2) is 0 Å². The zero-order valence-electron chi connectivity index (χ0n) is 9.58. The first-order valence-electron chi connectivity index (χ1n) is 5.23. The topological polar surface area (TPSA) is 33.0 Å². The molecule has 2 nitrogen and oxygen atoms in total. The molecule has 2 rings (SSSR count). The maximum Gasteiger partial charge on any atom is 0.146 e. The molecule has 0 radical (unpaired) electrons. The highest BCUT2D eigenvalue weighted by atomic mass is 35.5. The second kappa shape index (κ2) is 5.07. The Morgan fingerprint density at radius 2 is 2.00 bits per heavy atom. The summed E-state index contributed by atoms with van der Waals surface area (Å²) in [5.41, 5.74) is 1.18. The maximum atomic E-state index is 13.2. The van der Waals surface area contributed by atoms with Crippen molar-refractivity contribution in [2.45, 2.75) is 6.92 Å². The van der Waals surface area contributed by atoms with Gasteiger partial charge in [-0.15, -0.1) is 0 Å². The van der Waals surface area contributed by atoms with E-state index in [0.717, 1.165) is 11.6 Å². The molecular weight excluding hydrogens is 253 g/mol. The molecule has 0 saturated carbocycles. The molecule has 90 valence electrons. The van der Waals surface area contributed by atoms with Crippen molar-refractivity contribution in [2.24, 2.45) is 0 Å². The van der Waals surface area contributed by atoms with Crippen molar-refractivity contribution in [3.63, 3.8) is 0 Å². The van der Waals surface area contributed by atoms with Crippen molar-refractivity contribution >= 4 is 11.6 Å². The molecular formula is C14H9ClFNO. The highest BCUT2D eigenvalue weighted by Crippen LogP contribution is 2.30. The quantitative estimate of drug-likeness (QED) is 0.800. The third-order valence-corrected chi connectivity index (χ3v) is 2.63. The Labute approximate surface area is 109 Å². The average molecular weight is 262 g/mol. The van der Waals surface area contributed by atoms with Gasteiger partial charge in [-0.3, -0.25) is 0 Å². The molecule has 0 amide bonds. The van der Waals surface area contributed by atoms with E-state index in [1.807, 2.05) is 19.1 Å². The molecule has 0 aromatic heterocycles. The largest absolute Gasteiger partial charge is 0.456 e. The van der Waals surface area contributed by atoms with Gasteiger partial charge in [-0.05, 0) is 36.8 Å². The molecule has 0 spiro atoms. The van der Waals surface area contributed by atoms with E-state index >= 15 is 0 Å². The van der Waals surface area contributed by atoms with Crippen LogP contribution in [0.2, 0.25) is 5.02 Å². The fraction of sp³-hybridized carbons (Fsp3) is 0.0714. The van der Waals surface area contributed by atoms with Gasteiger partial charge in [0, 0.05) is 6.07 Å². The van der Waals surface area contributed by atoms with E-state index in [0.29, 0.717) is 10.8 Å². The molecule has 0 unspecified atom stereocenters. The van der Waals surface area contributed by atoms with Gasteiger partial charge < -0.3 is 4.74 Å². The zero-order chi connectivity index (χ0) is 13.1. The van der Waals surface area contributed by atoms with E-state index in [4.69, 9.17) is 21.6 Å². The Hall–Kier alpha value is -2.05. The number of aryl methyl sites for hydroxylation is 1. The van der Waals surface area contributed by atoms with Crippen LogP contribution in [-0.2, 0) is 0 Å². The minimum atomic E-state index is -0.521. The van der Waals surface area contributed by atoms with E-state index in [2.05, 4.69) is 0 Å². The molecule has 2 aromatic carbocycles. The lowest BCUT2D eigenvalue weighted by Crippen LogP contribution is -1.89. The summed E-state index contributed by atoms with van der Waals surface area (Å²) >= 11 is 5.98. The molecule has 2 aromatic rings. The van der Waals surface area contributed by atoms with Crippen LogP contribution >= 0.6 is 11.6 Å². The van der Waals surface area contributed by atoms with Gasteiger partial charge in [0.1, 0.15) is 17.3 Å². The third kappa shape index (κ3) is 2.79. The summed E-state index contributed by atoms with van der Waals surface area (Å²) in [6, 6.07) is 11.0. The summed E-state index contributed by atoms with van der Waals surface area (Å²) < 4.78 is 18.7. The molecule has 0 fully saturated rings. The number of nitriles is 1. The van der Waals surface area contributed by atoms with Crippen LogP contribution in [0.1, 0.15) is 11.1 Å². The zero-order valence-corrected chi connectivity index (χ0v) is 10.3. The Kier molecular flexibility index (Phi) is 3.50. The van der Waals surface area contributed by atoms with Crippen molar-refractivity contribution in [3.05, 3.63) is 58.4 Å². The third-order valence-electron chi connectivity index (χ3n) is 2.31. The van der Waals surface area contributed by atoms with E-state index in [1.54, 1.807) is 12.1 Å². The second-order valence-electron chi connectivity index (χ2n) is 3.82. The number of halogens is 2. The molecule has 0 heterocycles. The van der Waals surface area contributed by atoms with Gasteiger partial charge in [-0.2, -0.15) is 5.26 Å². The minimum Gasteiger partial charge on any atom is -0.456 e. The van der Waals surface area contributed by atoms with Crippen LogP contribution in [0, 0.1) is 24.1 Å². The van der Waals surface area contributed by atoms with Crippen LogP contribution in [0.4, 0.5) is 4.39 Å². The smallest absolute Gasteiger partial charge is 0.146 e. The summed E-state index contributed by atoms with van der Waals surface area (Å²) in [6.07, 6.45) is 0. The Morgan fingerprint density at radius 3 is 2.72 bits per heavy atom. The van der Waals surface area contributed by atoms with Crippen molar-refractivity contribution < 1.29 is 9.13 Å². The summed E-state index contributed by atoms with van der Waals surface area (Å²) in [5.74, 6) is 0.165. The van der Waals surface area contributed by atoms with Crippen molar-refractivity contribution in [1.82, 2.24) is 0 Å². The number of hydrogen-bond donors (Lipinski definition) is 0. The molecule has 0 N–H and O–H groups in total. The Balaban J connectivity index is 2.37. The van der Waals surface area contributed by atoms with Crippen molar-refractivity contribution in [2.75, 3.05) is 0 Å². The highest BCUT2D eigenvalue weighted by molar-refractivity contribution is 6.32. The van der Waals surface area contributed by atoms with Gasteiger partial charge >= 0.3 is 0 Å². The molecule has 0 bridgehead atoms. The van der Waals surface area contributed by atoms with E-state index in [9.17, 15) is 4.39 Å². The van der Waals surface area contributed by atoms with Crippen LogP contribution in [0.5, 0.6) is 11.5 Å². The van der Waals surface area contributed by atoms with Crippen molar-refractivity contribution in [1.29, 1.82) is 5.26 Å². The molecule has 0 saturated heterocycles. The first-order valence-corrected chi connectivity index (χ1v) is 5.61. The molecule has 0 aliphatic heterocycles. The fourth-order valence-electron chi connectivity index (χ4n) is 1.50. The van der Waals surface area contributed by atoms with Crippen LogP contribution < -0.4 is 4.74 Å². The molecule has 0 atom stereocenters. The SMILES string of the molecule is Cc1ccc(Cl)c(Oc2cc(F)cc(C#N)c2)c1. The summed E-state index contributed by atoms with van der Waals surface area (Å²) in [7, 11) is 0. The average Bonchev–Trinajstić information content (AvgIpc) is 2.33. The van der Waals surface area contributed by atoms with E-state index in [1.165, 1.54) is 12.1 Å². The van der Waals surface area contributed by atoms with E-state index < -0.39 is 5.82 Å². The number of hydrogen-bond acceptors (Lipinski definition) is 2. The lowest BCUT2D eigenvalue weighted by molar-refractivity contribution is 0.476. The van der Waals surface area contributed by atoms with Gasteiger partial charge in [0.2, 0.25) is 0 Å².